The number of nitrogens with one attached hydrogen (secondary N) is 1. The minimum Gasteiger partial charge on any atom is -0.273 e. The van der Waals surface area contributed by atoms with E-state index < -0.39 is 0 Å². The molecule has 25 heavy (non-hydrogen) atoms. The Morgan fingerprint density at radius 1 is 0.880 bits per heavy atom. The van der Waals surface area contributed by atoms with Crippen molar-refractivity contribution in [3.8, 4) is 0 Å². The Labute approximate surface area is 148 Å². The Bertz CT molecular complexity index is 664. The average molecular weight is 342 g/mol. The number of nitrogens with zero attached hydrogens (tertiary/aromatic N) is 1. The van der Waals surface area contributed by atoms with Crippen molar-refractivity contribution in [1.29, 1.82) is 0 Å². The predicted octanol–water partition coefficient (Wildman–Crippen LogP) is 2.43. The van der Waals surface area contributed by atoms with Crippen molar-refractivity contribution in [2.24, 2.45) is 41.4 Å². The first kappa shape index (κ1) is 15.6. The monoisotopic (exact) mass is 342 g/mol. The van der Waals surface area contributed by atoms with Gasteiger partial charge in [-0.05, 0) is 56.8 Å². The molecule has 6 rings (SSSR count). The third kappa shape index (κ3) is 1.98. The molecule has 6 aliphatic rings. The fourth-order valence-corrected chi connectivity index (χ4v) is 6.45. The fraction of sp³-hybridized carbons (Fsp3) is 0.750. The lowest BCUT2D eigenvalue weighted by Crippen LogP contribution is -2.49. The maximum absolute atomic E-state index is 13.0. The van der Waals surface area contributed by atoms with Gasteiger partial charge in [-0.2, -0.15) is 5.01 Å². The third-order valence-electron chi connectivity index (χ3n) is 7.81. The molecule has 1 N–H and O–H groups in total. The van der Waals surface area contributed by atoms with E-state index in [4.69, 9.17) is 0 Å². The Hall–Kier alpha value is -1.65. The molecule has 3 saturated carbocycles. The molecule has 1 aliphatic heterocycles. The van der Waals surface area contributed by atoms with Crippen molar-refractivity contribution in [1.82, 2.24) is 10.4 Å². The largest absolute Gasteiger partial charge is 0.273 e. The number of allylic oxidation sites excluding steroid dienone is 2. The number of imide groups is 1. The number of rotatable bonds is 2. The van der Waals surface area contributed by atoms with Gasteiger partial charge in [0.15, 0.2) is 0 Å². The van der Waals surface area contributed by atoms with Crippen LogP contribution in [0.25, 0.3) is 0 Å². The first-order valence-corrected chi connectivity index (χ1v) is 9.86. The summed E-state index contributed by atoms with van der Waals surface area (Å²) >= 11 is 0. The van der Waals surface area contributed by atoms with Gasteiger partial charge in [0, 0.05) is 5.92 Å². The molecule has 5 aliphatic carbocycles. The molecule has 4 unspecified atom stereocenters. The van der Waals surface area contributed by atoms with Crippen LogP contribution >= 0.6 is 0 Å². The smallest absolute Gasteiger partial charge is 0.252 e. The molecule has 1 saturated heterocycles. The van der Waals surface area contributed by atoms with Crippen LogP contribution in [0.4, 0.5) is 0 Å². The highest BCUT2D eigenvalue weighted by Crippen LogP contribution is 2.69. The second-order valence-corrected chi connectivity index (χ2v) is 8.86. The van der Waals surface area contributed by atoms with Crippen LogP contribution in [0.3, 0.4) is 0 Å². The molecule has 4 fully saturated rings. The highest BCUT2D eigenvalue weighted by atomic mass is 16.2. The number of hydrazine groups is 1. The van der Waals surface area contributed by atoms with Crippen LogP contribution in [0.5, 0.6) is 0 Å². The summed E-state index contributed by atoms with van der Waals surface area (Å²) in [5, 5.41) is 1.10. The summed E-state index contributed by atoms with van der Waals surface area (Å²) in [4.78, 5) is 38.6. The molecule has 6 atom stereocenters. The summed E-state index contributed by atoms with van der Waals surface area (Å²) in [6.07, 6.45) is 6.17. The summed E-state index contributed by atoms with van der Waals surface area (Å²) < 4.78 is 0. The van der Waals surface area contributed by atoms with Crippen molar-refractivity contribution in [2.45, 2.75) is 52.4 Å². The summed E-state index contributed by atoms with van der Waals surface area (Å²) in [6.45, 7) is 4.28. The molecule has 3 amide bonds. The van der Waals surface area contributed by atoms with Gasteiger partial charge < -0.3 is 0 Å². The van der Waals surface area contributed by atoms with Crippen LogP contribution in [0, 0.1) is 41.4 Å². The van der Waals surface area contributed by atoms with Gasteiger partial charge in [-0.15, -0.1) is 0 Å². The van der Waals surface area contributed by atoms with E-state index in [0.29, 0.717) is 11.8 Å². The van der Waals surface area contributed by atoms with Crippen LogP contribution in [-0.4, -0.2) is 22.7 Å². The Morgan fingerprint density at radius 2 is 1.40 bits per heavy atom. The molecular formula is C20H26N2O3. The number of carbonyl (C=O) groups is 3. The minimum absolute atomic E-state index is 0.0521. The highest BCUT2D eigenvalue weighted by molar-refractivity contribution is 6.07. The number of amides is 3. The molecule has 5 nitrogen and oxygen atoms in total. The van der Waals surface area contributed by atoms with Gasteiger partial charge in [0.05, 0.1) is 11.8 Å². The molecular weight excluding hydrogens is 316 g/mol. The van der Waals surface area contributed by atoms with Crippen LogP contribution in [0.15, 0.2) is 11.1 Å². The van der Waals surface area contributed by atoms with Crippen LogP contribution in [0.1, 0.15) is 52.4 Å². The topological polar surface area (TPSA) is 66.5 Å². The van der Waals surface area contributed by atoms with E-state index in [0.717, 1.165) is 37.1 Å². The lowest BCUT2D eigenvalue weighted by Gasteiger charge is -2.44. The third-order valence-corrected chi connectivity index (χ3v) is 7.81. The van der Waals surface area contributed by atoms with E-state index >= 15 is 0 Å². The van der Waals surface area contributed by atoms with Gasteiger partial charge in [-0.3, -0.25) is 19.8 Å². The molecule has 0 spiro atoms. The van der Waals surface area contributed by atoms with E-state index in [2.05, 4.69) is 19.3 Å². The first-order valence-electron chi connectivity index (χ1n) is 9.86. The zero-order valence-electron chi connectivity index (χ0n) is 15.0. The zero-order chi connectivity index (χ0) is 17.5. The first-order chi connectivity index (χ1) is 12.0. The zero-order valence-corrected chi connectivity index (χ0v) is 15.0. The fourth-order valence-electron chi connectivity index (χ4n) is 6.45. The summed E-state index contributed by atoms with van der Waals surface area (Å²) in [5.74, 6) is 0.607. The Balaban J connectivity index is 1.40. The minimum atomic E-state index is -0.239. The lowest BCUT2D eigenvalue weighted by molar-refractivity contribution is -0.150. The normalized spacial score (nSPS) is 42.6. The summed E-state index contributed by atoms with van der Waals surface area (Å²) in [5.41, 5.74) is 5.36. The van der Waals surface area contributed by atoms with Crippen LogP contribution in [-0.2, 0) is 14.4 Å². The van der Waals surface area contributed by atoms with E-state index in [1.54, 1.807) is 0 Å². The summed E-state index contributed by atoms with van der Waals surface area (Å²) in [7, 11) is 0. The Kier molecular flexibility index (Phi) is 3.23. The van der Waals surface area contributed by atoms with Crippen LogP contribution in [0.2, 0.25) is 0 Å². The molecule has 134 valence electrons. The quantitative estimate of drug-likeness (QED) is 0.619. The molecule has 0 aromatic carbocycles. The number of hydrogen-bond acceptors (Lipinski definition) is 3. The van der Waals surface area contributed by atoms with E-state index in [1.165, 1.54) is 17.6 Å². The van der Waals surface area contributed by atoms with Crippen molar-refractivity contribution < 1.29 is 14.4 Å². The molecule has 0 aromatic rings. The lowest BCUT2D eigenvalue weighted by atomic mass is 9.57. The molecule has 0 aromatic heterocycles. The van der Waals surface area contributed by atoms with Crippen molar-refractivity contribution in [3.05, 3.63) is 11.1 Å². The standard InChI is InChI=1S/C20H26N2O3/c1-9-10(2)15-13-8-12(13)14(9)16-17(15)20(25)22(19(16)24)21-18(23)11-6-4-3-5-7-11/h11-17H,3-8H2,1-2H3,(H,21,23)/t12?,13?,14?,15?,16-,17+. The van der Waals surface area contributed by atoms with Crippen molar-refractivity contribution >= 4 is 17.7 Å². The van der Waals surface area contributed by atoms with E-state index in [9.17, 15) is 14.4 Å². The maximum atomic E-state index is 13.0. The SMILES string of the molecule is CC1=C(C)C2C3CC3C1[C@H]1C(=O)N(NC(=O)C3CCCCC3)C(=O)[C@@H]21. The molecule has 5 heteroatoms. The van der Waals surface area contributed by atoms with Crippen LogP contribution < -0.4 is 5.43 Å². The van der Waals surface area contributed by atoms with Gasteiger partial charge in [0.1, 0.15) is 0 Å². The highest BCUT2D eigenvalue weighted by Gasteiger charge is 2.69. The van der Waals surface area contributed by atoms with E-state index in [1.807, 2.05) is 0 Å². The second-order valence-electron chi connectivity index (χ2n) is 8.86. The van der Waals surface area contributed by atoms with Gasteiger partial charge in [0.2, 0.25) is 5.91 Å². The van der Waals surface area contributed by atoms with Crippen molar-refractivity contribution in [2.75, 3.05) is 0 Å². The summed E-state index contributed by atoms with van der Waals surface area (Å²) in [6, 6.07) is 0. The van der Waals surface area contributed by atoms with E-state index in [-0.39, 0.29) is 47.3 Å². The molecule has 2 bridgehead atoms. The van der Waals surface area contributed by atoms with Gasteiger partial charge in [0.25, 0.3) is 11.8 Å². The van der Waals surface area contributed by atoms with Gasteiger partial charge in [-0.1, -0.05) is 30.4 Å². The number of hydrogen-bond donors (Lipinski definition) is 1. The maximum Gasteiger partial charge on any atom is 0.252 e. The van der Waals surface area contributed by atoms with Crippen molar-refractivity contribution in [3.63, 3.8) is 0 Å². The molecule has 1 heterocycles. The van der Waals surface area contributed by atoms with Gasteiger partial charge in [-0.25, -0.2) is 0 Å². The predicted molar refractivity (Wildman–Crippen MR) is 90.5 cm³/mol. The number of carbonyl (C=O) groups excluding carboxylic acids is 3. The second kappa shape index (κ2) is 5.18. The Morgan fingerprint density at radius 3 is 1.92 bits per heavy atom. The average Bonchev–Trinajstić information content (AvgIpc) is 3.38. The molecule has 0 radical (unpaired) electrons. The van der Waals surface area contributed by atoms with Gasteiger partial charge >= 0.3 is 0 Å².